The molecule has 1 aromatic carbocycles. The molecular weight excluding hydrogens is 248 g/mol. The Morgan fingerprint density at radius 3 is 2.89 bits per heavy atom. The van der Waals surface area contributed by atoms with Gasteiger partial charge in [-0.1, -0.05) is 30.3 Å². The van der Waals surface area contributed by atoms with E-state index in [-0.39, 0.29) is 17.8 Å². The fraction of sp³-hybridized carbons (Fsp3) is 0.500. The van der Waals surface area contributed by atoms with Gasteiger partial charge in [0.1, 0.15) is 5.88 Å². The van der Waals surface area contributed by atoms with Gasteiger partial charge in [-0.15, -0.1) is 11.6 Å². The Morgan fingerprint density at radius 2 is 2.17 bits per heavy atom. The van der Waals surface area contributed by atoms with Gasteiger partial charge in [-0.3, -0.25) is 9.69 Å². The summed E-state index contributed by atoms with van der Waals surface area (Å²) in [6, 6.07) is 10.7. The van der Waals surface area contributed by atoms with E-state index in [1.54, 1.807) is 0 Å². The molecule has 1 heterocycles. The van der Waals surface area contributed by atoms with Crippen molar-refractivity contribution in [3.8, 4) is 0 Å². The summed E-state index contributed by atoms with van der Waals surface area (Å²) in [7, 11) is 0. The van der Waals surface area contributed by atoms with E-state index in [0.29, 0.717) is 0 Å². The monoisotopic (exact) mass is 266 g/mol. The number of carbonyl (C=O) groups is 1. The molecule has 4 heteroatoms. The van der Waals surface area contributed by atoms with Gasteiger partial charge in [0, 0.05) is 19.1 Å². The maximum atomic E-state index is 11.3. The molecule has 1 amide bonds. The summed E-state index contributed by atoms with van der Waals surface area (Å²) >= 11 is 5.51. The van der Waals surface area contributed by atoms with Crippen molar-refractivity contribution < 1.29 is 4.79 Å². The van der Waals surface area contributed by atoms with Gasteiger partial charge in [-0.25, -0.2) is 0 Å². The van der Waals surface area contributed by atoms with Crippen LogP contribution in [0.15, 0.2) is 30.3 Å². The third-order valence-electron chi connectivity index (χ3n) is 3.24. The molecule has 0 unspecified atom stereocenters. The molecule has 3 nitrogen and oxygen atoms in total. The van der Waals surface area contributed by atoms with Crippen LogP contribution in [0.25, 0.3) is 0 Å². The second kappa shape index (κ2) is 6.76. The minimum absolute atomic E-state index is 0.0508. The normalized spacial score (nSPS) is 20.6. The molecule has 0 radical (unpaired) electrons. The predicted octanol–water partition coefficient (Wildman–Crippen LogP) is 2.01. The number of hydrogen-bond donors (Lipinski definition) is 1. The molecule has 1 fully saturated rings. The van der Waals surface area contributed by atoms with E-state index in [9.17, 15) is 4.79 Å². The second-order valence-electron chi connectivity index (χ2n) is 4.76. The summed E-state index contributed by atoms with van der Waals surface area (Å²) in [6.07, 6.45) is 2.17. The number of hydrogen-bond acceptors (Lipinski definition) is 2. The first-order valence-electron chi connectivity index (χ1n) is 6.39. The lowest BCUT2D eigenvalue weighted by Crippen LogP contribution is -2.47. The Morgan fingerprint density at radius 1 is 1.39 bits per heavy atom. The van der Waals surface area contributed by atoms with Crippen molar-refractivity contribution in [2.45, 2.75) is 25.4 Å². The van der Waals surface area contributed by atoms with Gasteiger partial charge in [-0.05, 0) is 24.9 Å². The number of alkyl halides is 1. The Kier molecular flexibility index (Phi) is 5.02. The van der Waals surface area contributed by atoms with Gasteiger partial charge < -0.3 is 5.32 Å². The number of amides is 1. The number of nitrogens with zero attached hydrogens (tertiary/aromatic N) is 1. The molecule has 98 valence electrons. The maximum Gasteiger partial charge on any atom is 0.235 e. The largest absolute Gasteiger partial charge is 0.351 e. The van der Waals surface area contributed by atoms with Crippen LogP contribution in [0.3, 0.4) is 0 Å². The fourth-order valence-corrected chi connectivity index (χ4v) is 2.50. The number of nitrogens with one attached hydrogen (secondary N) is 1. The van der Waals surface area contributed by atoms with Crippen molar-refractivity contribution in [3.63, 3.8) is 0 Å². The number of likely N-dealkylation sites (tertiary alicyclic amines) is 1. The minimum Gasteiger partial charge on any atom is -0.351 e. The van der Waals surface area contributed by atoms with Gasteiger partial charge in [-0.2, -0.15) is 0 Å². The highest BCUT2D eigenvalue weighted by Crippen LogP contribution is 2.13. The van der Waals surface area contributed by atoms with Crippen molar-refractivity contribution in [1.29, 1.82) is 0 Å². The molecule has 1 N–H and O–H groups in total. The lowest BCUT2D eigenvalue weighted by molar-refractivity contribution is -0.119. The SMILES string of the molecule is O=C(CCl)N[C@H]1CCCN(Cc2ccccc2)C1. The Balaban J connectivity index is 1.85. The molecule has 1 saturated heterocycles. The van der Waals surface area contributed by atoms with Crippen LogP contribution in [0.5, 0.6) is 0 Å². The van der Waals surface area contributed by atoms with Gasteiger partial charge in [0.2, 0.25) is 5.91 Å². The summed E-state index contributed by atoms with van der Waals surface area (Å²) < 4.78 is 0. The van der Waals surface area contributed by atoms with Crippen LogP contribution in [0.4, 0.5) is 0 Å². The average Bonchev–Trinajstić information content (AvgIpc) is 2.40. The molecule has 18 heavy (non-hydrogen) atoms. The smallest absolute Gasteiger partial charge is 0.235 e. The highest BCUT2D eigenvalue weighted by atomic mass is 35.5. The van der Waals surface area contributed by atoms with Crippen molar-refractivity contribution in [2.75, 3.05) is 19.0 Å². The van der Waals surface area contributed by atoms with Gasteiger partial charge in [0.05, 0.1) is 0 Å². The van der Waals surface area contributed by atoms with E-state index in [1.807, 2.05) is 6.07 Å². The molecule has 1 aliphatic rings. The van der Waals surface area contributed by atoms with Crippen molar-refractivity contribution in [3.05, 3.63) is 35.9 Å². The van der Waals surface area contributed by atoms with E-state index in [2.05, 4.69) is 34.5 Å². The summed E-state index contributed by atoms with van der Waals surface area (Å²) in [4.78, 5) is 13.7. The van der Waals surface area contributed by atoms with E-state index in [4.69, 9.17) is 11.6 Å². The highest BCUT2D eigenvalue weighted by molar-refractivity contribution is 6.27. The zero-order valence-corrected chi connectivity index (χ0v) is 11.2. The zero-order chi connectivity index (χ0) is 12.8. The Hall–Kier alpha value is -1.06. The standard InChI is InChI=1S/C14H19ClN2O/c15-9-14(18)16-13-7-4-8-17(11-13)10-12-5-2-1-3-6-12/h1-3,5-6,13H,4,7-11H2,(H,16,18)/t13-/m0/s1. The molecule has 1 aliphatic heterocycles. The van der Waals surface area contributed by atoms with Crippen molar-refractivity contribution in [2.24, 2.45) is 0 Å². The molecular formula is C14H19ClN2O. The molecule has 1 atom stereocenters. The zero-order valence-electron chi connectivity index (χ0n) is 10.4. The molecule has 0 aromatic heterocycles. The summed E-state index contributed by atoms with van der Waals surface area (Å²) in [6.45, 7) is 2.97. The predicted molar refractivity (Wildman–Crippen MR) is 73.6 cm³/mol. The van der Waals surface area contributed by atoms with E-state index in [0.717, 1.165) is 32.5 Å². The second-order valence-corrected chi connectivity index (χ2v) is 5.03. The van der Waals surface area contributed by atoms with Crippen molar-refractivity contribution >= 4 is 17.5 Å². The Labute approximate surface area is 113 Å². The minimum atomic E-state index is -0.0665. The van der Waals surface area contributed by atoms with E-state index in [1.165, 1.54) is 5.56 Å². The first kappa shape index (κ1) is 13.4. The quantitative estimate of drug-likeness (QED) is 0.846. The summed E-state index contributed by atoms with van der Waals surface area (Å²) in [5.41, 5.74) is 1.32. The van der Waals surface area contributed by atoms with E-state index >= 15 is 0 Å². The third-order valence-corrected chi connectivity index (χ3v) is 3.48. The van der Waals surface area contributed by atoms with Crippen LogP contribution in [-0.4, -0.2) is 35.8 Å². The average molecular weight is 267 g/mol. The van der Waals surface area contributed by atoms with Crippen LogP contribution in [0, 0.1) is 0 Å². The Bertz CT molecular complexity index is 383. The highest BCUT2D eigenvalue weighted by Gasteiger charge is 2.20. The lowest BCUT2D eigenvalue weighted by Gasteiger charge is -2.33. The van der Waals surface area contributed by atoms with Crippen LogP contribution < -0.4 is 5.32 Å². The van der Waals surface area contributed by atoms with Gasteiger partial charge >= 0.3 is 0 Å². The molecule has 0 bridgehead atoms. The number of piperidine rings is 1. The number of carbonyl (C=O) groups excluding carboxylic acids is 1. The van der Waals surface area contributed by atoms with Gasteiger partial charge in [0.15, 0.2) is 0 Å². The molecule has 2 rings (SSSR count). The van der Waals surface area contributed by atoms with Crippen LogP contribution in [0.2, 0.25) is 0 Å². The van der Waals surface area contributed by atoms with Crippen LogP contribution in [-0.2, 0) is 11.3 Å². The topological polar surface area (TPSA) is 32.3 Å². The van der Waals surface area contributed by atoms with E-state index < -0.39 is 0 Å². The van der Waals surface area contributed by atoms with Crippen molar-refractivity contribution in [1.82, 2.24) is 10.2 Å². The fourth-order valence-electron chi connectivity index (χ4n) is 2.42. The summed E-state index contributed by atoms with van der Waals surface area (Å²) in [5, 5.41) is 2.97. The maximum absolute atomic E-state index is 11.3. The molecule has 0 spiro atoms. The first-order chi connectivity index (χ1) is 8.78. The number of rotatable bonds is 4. The summed E-state index contributed by atoms with van der Waals surface area (Å²) in [5.74, 6) is -0.0157. The van der Waals surface area contributed by atoms with Crippen LogP contribution in [0.1, 0.15) is 18.4 Å². The number of benzene rings is 1. The van der Waals surface area contributed by atoms with Gasteiger partial charge in [0.25, 0.3) is 0 Å². The van der Waals surface area contributed by atoms with Crippen LogP contribution >= 0.6 is 11.6 Å². The first-order valence-corrected chi connectivity index (χ1v) is 6.93. The number of halogens is 1. The molecule has 1 aromatic rings. The molecule has 0 aliphatic carbocycles. The third kappa shape index (κ3) is 4.00. The lowest BCUT2D eigenvalue weighted by atomic mass is 10.0. The molecule has 0 saturated carbocycles.